The molecule has 0 aliphatic heterocycles. The second kappa shape index (κ2) is 10.7. The number of phenolic OH excluding ortho intramolecular Hbond substituents is 4. The Labute approximate surface area is 266 Å². The zero-order valence-electron chi connectivity index (χ0n) is 23.8. The molecule has 8 rings (SSSR count). The van der Waals surface area contributed by atoms with Gasteiger partial charge in [0.05, 0.1) is 62.0 Å². The third-order valence-corrected chi connectivity index (χ3v) is 11.1. The van der Waals surface area contributed by atoms with Gasteiger partial charge in [0, 0.05) is 0 Å². The number of aryl methyl sites for hydroxylation is 4. The largest absolute Gasteiger partial charge is 0.508 e. The van der Waals surface area contributed by atoms with Crippen LogP contribution in [0.15, 0.2) is 48.5 Å². The molecule has 0 saturated heterocycles. The van der Waals surface area contributed by atoms with Gasteiger partial charge >= 0.3 is 0 Å². The Balaban J connectivity index is 0.000000142. The highest BCUT2D eigenvalue weighted by Crippen LogP contribution is 2.41. The lowest BCUT2D eigenvalue weighted by Gasteiger charge is -2.04. The maximum absolute atomic E-state index is 10.1. The summed E-state index contributed by atoms with van der Waals surface area (Å²) in [6.45, 7) is 7.48. The van der Waals surface area contributed by atoms with Gasteiger partial charge in [-0.1, -0.05) is 0 Å². The molecule has 0 spiro atoms. The molecule has 4 aromatic heterocycles. The van der Waals surface area contributed by atoms with E-state index in [1.54, 1.807) is 60.8 Å². The summed E-state index contributed by atoms with van der Waals surface area (Å²) in [6.07, 6.45) is 0. The number of aromatic hydroxyl groups is 4. The fourth-order valence-electron chi connectivity index (χ4n) is 4.87. The molecule has 0 saturated carbocycles. The number of aromatic nitrogens is 4. The van der Waals surface area contributed by atoms with Crippen molar-refractivity contribution in [3.8, 4) is 44.1 Å². The van der Waals surface area contributed by atoms with Gasteiger partial charge in [0.1, 0.15) is 33.0 Å². The SMILES string of the molecule is Cc1nc2cc3nc(-c4cc(O)c(C)cc4O)sc3cc2s1.Cc1nc2cc3sc(-c4cc(O)c(C)cc4O)nc3cc2s1. The first-order valence-electron chi connectivity index (χ1n) is 13.4. The van der Waals surface area contributed by atoms with Crippen molar-refractivity contribution in [2.24, 2.45) is 0 Å². The minimum absolute atomic E-state index is 0.130. The fraction of sp³-hybridized carbons (Fsp3) is 0.125. The molecule has 0 fully saturated rings. The summed E-state index contributed by atoms with van der Waals surface area (Å²) in [4.78, 5) is 18.2. The molecule has 220 valence electrons. The molecule has 0 aliphatic carbocycles. The Bertz CT molecular complexity index is 2130. The van der Waals surface area contributed by atoms with Crippen molar-refractivity contribution in [3.63, 3.8) is 0 Å². The summed E-state index contributed by atoms with van der Waals surface area (Å²) < 4.78 is 4.31. The summed E-state index contributed by atoms with van der Waals surface area (Å²) in [6, 6.07) is 14.3. The van der Waals surface area contributed by atoms with Crippen LogP contribution in [0.5, 0.6) is 23.0 Å². The standard InChI is InChI=1S/2C16H12N2O2S2/c1-7-3-13(20)9(4-12(7)19)16-18-11-6-14-10(5-15(11)22-16)17-8(2)21-14;1-7-3-13(20)9(4-12(7)19)16-18-11-5-10-14(6-15(11)22-16)21-8(2)17-10/h2*3-6,19-20H,1-2H3. The topological polar surface area (TPSA) is 132 Å². The van der Waals surface area contributed by atoms with Gasteiger partial charge in [-0.2, -0.15) is 0 Å². The van der Waals surface area contributed by atoms with Crippen LogP contribution in [0, 0.1) is 27.7 Å². The molecule has 4 aromatic carbocycles. The third-order valence-electron chi connectivity index (χ3n) is 7.10. The van der Waals surface area contributed by atoms with E-state index in [9.17, 15) is 20.4 Å². The monoisotopic (exact) mass is 656 g/mol. The summed E-state index contributed by atoms with van der Waals surface area (Å²) in [5.41, 5.74) is 6.05. The zero-order valence-corrected chi connectivity index (χ0v) is 27.1. The van der Waals surface area contributed by atoms with Gasteiger partial charge in [-0.05, 0) is 87.4 Å². The second-order valence-corrected chi connectivity index (χ2v) is 14.9. The molecule has 8 aromatic rings. The van der Waals surface area contributed by atoms with Crippen LogP contribution in [0.3, 0.4) is 0 Å². The highest BCUT2D eigenvalue weighted by molar-refractivity contribution is 7.23. The van der Waals surface area contributed by atoms with E-state index in [4.69, 9.17) is 0 Å². The first-order valence-corrected chi connectivity index (χ1v) is 16.7. The first-order chi connectivity index (χ1) is 21.0. The molecule has 4 heterocycles. The summed E-state index contributed by atoms with van der Waals surface area (Å²) in [7, 11) is 0. The summed E-state index contributed by atoms with van der Waals surface area (Å²) in [5, 5.41) is 43.4. The zero-order chi connectivity index (χ0) is 30.9. The smallest absolute Gasteiger partial charge is 0.128 e. The van der Waals surface area contributed by atoms with Crippen molar-refractivity contribution in [2.75, 3.05) is 0 Å². The van der Waals surface area contributed by atoms with Crippen LogP contribution in [0.2, 0.25) is 0 Å². The average molecular weight is 657 g/mol. The van der Waals surface area contributed by atoms with E-state index in [0.29, 0.717) is 32.3 Å². The lowest BCUT2D eigenvalue weighted by atomic mass is 10.1. The van der Waals surface area contributed by atoms with Gasteiger partial charge in [-0.15, -0.1) is 45.3 Å². The number of benzene rings is 4. The number of rotatable bonds is 2. The van der Waals surface area contributed by atoms with E-state index in [-0.39, 0.29) is 23.0 Å². The maximum atomic E-state index is 10.1. The Hall–Kier alpha value is -4.36. The van der Waals surface area contributed by atoms with Crippen LogP contribution in [-0.2, 0) is 0 Å². The third kappa shape index (κ3) is 5.09. The van der Waals surface area contributed by atoms with Crippen LogP contribution >= 0.6 is 45.3 Å². The quantitative estimate of drug-likeness (QED) is 0.135. The normalized spacial score (nSPS) is 11.5. The van der Waals surface area contributed by atoms with Gasteiger partial charge < -0.3 is 20.4 Å². The predicted octanol–water partition coefficient (Wildman–Crippen LogP) is 9.20. The van der Waals surface area contributed by atoms with Crippen LogP contribution in [0.1, 0.15) is 21.1 Å². The molecule has 0 unspecified atom stereocenters. The minimum Gasteiger partial charge on any atom is -0.508 e. The van der Waals surface area contributed by atoms with E-state index in [1.165, 1.54) is 22.7 Å². The van der Waals surface area contributed by atoms with Crippen LogP contribution in [-0.4, -0.2) is 40.4 Å². The summed E-state index contributed by atoms with van der Waals surface area (Å²) >= 11 is 6.29. The lowest BCUT2D eigenvalue weighted by Crippen LogP contribution is -1.81. The fourth-order valence-corrected chi connectivity index (χ4v) is 8.65. The average Bonchev–Trinajstić information content (AvgIpc) is 3.73. The molecule has 12 heteroatoms. The van der Waals surface area contributed by atoms with E-state index in [0.717, 1.165) is 50.9 Å². The van der Waals surface area contributed by atoms with Crippen molar-refractivity contribution in [2.45, 2.75) is 27.7 Å². The van der Waals surface area contributed by atoms with Crippen molar-refractivity contribution in [3.05, 3.63) is 69.7 Å². The summed E-state index contributed by atoms with van der Waals surface area (Å²) in [5.74, 6) is 0.575. The molecule has 0 amide bonds. The van der Waals surface area contributed by atoms with Crippen molar-refractivity contribution < 1.29 is 20.4 Å². The van der Waals surface area contributed by atoms with Crippen LogP contribution in [0.25, 0.3) is 62.0 Å². The van der Waals surface area contributed by atoms with E-state index in [2.05, 4.69) is 26.0 Å². The number of thiazole rings is 4. The Morgan fingerprint density at radius 2 is 0.795 bits per heavy atom. The molecule has 0 atom stereocenters. The first kappa shape index (κ1) is 28.4. The van der Waals surface area contributed by atoms with Crippen LogP contribution in [0.4, 0.5) is 0 Å². The lowest BCUT2D eigenvalue weighted by molar-refractivity contribution is 0.458. The molecule has 0 radical (unpaired) electrons. The molecular formula is C32H24N4O4S4. The highest BCUT2D eigenvalue weighted by atomic mass is 32.1. The molecule has 44 heavy (non-hydrogen) atoms. The number of hydrogen-bond acceptors (Lipinski definition) is 12. The maximum Gasteiger partial charge on any atom is 0.128 e. The number of hydrogen-bond donors (Lipinski definition) is 4. The van der Waals surface area contributed by atoms with E-state index < -0.39 is 0 Å². The minimum atomic E-state index is 0.130. The van der Waals surface area contributed by atoms with Gasteiger partial charge in [0.2, 0.25) is 0 Å². The van der Waals surface area contributed by atoms with Gasteiger partial charge in [0.15, 0.2) is 0 Å². The van der Waals surface area contributed by atoms with Crippen molar-refractivity contribution >= 4 is 86.2 Å². The van der Waals surface area contributed by atoms with E-state index in [1.807, 2.05) is 32.0 Å². The molecule has 8 nitrogen and oxygen atoms in total. The van der Waals surface area contributed by atoms with Gasteiger partial charge in [0.25, 0.3) is 0 Å². The van der Waals surface area contributed by atoms with Crippen molar-refractivity contribution in [1.29, 1.82) is 0 Å². The van der Waals surface area contributed by atoms with Gasteiger partial charge in [-0.25, -0.2) is 19.9 Å². The molecule has 4 N–H and O–H groups in total. The number of nitrogens with zero attached hydrogens (tertiary/aromatic N) is 4. The second-order valence-electron chi connectivity index (χ2n) is 10.4. The highest BCUT2D eigenvalue weighted by Gasteiger charge is 2.16. The number of phenols is 4. The Kier molecular flexibility index (Phi) is 6.89. The molecule has 0 aliphatic rings. The Morgan fingerprint density at radius 3 is 1.32 bits per heavy atom. The molecular weight excluding hydrogens is 633 g/mol. The van der Waals surface area contributed by atoms with E-state index >= 15 is 0 Å². The Morgan fingerprint density at radius 1 is 0.409 bits per heavy atom. The predicted molar refractivity (Wildman–Crippen MR) is 182 cm³/mol. The number of fused-ring (bicyclic) bond motifs is 4. The van der Waals surface area contributed by atoms with Gasteiger partial charge in [-0.3, -0.25) is 0 Å². The molecule has 0 bridgehead atoms. The van der Waals surface area contributed by atoms with Crippen molar-refractivity contribution in [1.82, 2.24) is 19.9 Å². The van der Waals surface area contributed by atoms with Crippen LogP contribution < -0.4 is 0 Å².